The molecule has 7 heteroatoms. The number of nitrogen functional groups attached to an aromatic ring is 2. The molecule has 0 aliphatic rings. The van der Waals surface area contributed by atoms with Crippen LogP contribution in [0.15, 0.2) is 6.07 Å². The number of alkyl halides is 5. The Labute approximate surface area is 88.0 Å². The minimum atomic E-state index is -3.15. The van der Waals surface area contributed by atoms with Crippen LogP contribution in [0.5, 0.6) is 0 Å². The molecule has 16 heavy (non-hydrogen) atoms. The second kappa shape index (κ2) is 4.54. The number of halogens is 5. The zero-order valence-corrected chi connectivity index (χ0v) is 7.98. The number of anilines is 2. The molecule has 4 N–H and O–H groups in total. The Balaban J connectivity index is 3.52. The average Bonchev–Trinajstić information content (AvgIpc) is 2.19. The molecule has 0 unspecified atom stereocenters. The topological polar surface area (TPSA) is 52.0 Å². The summed E-state index contributed by atoms with van der Waals surface area (Å²) in [6.07, 6.45) is -6.18. The molecule has 0 spiro atoms. The van der Waals surface area contributed by atoms with Crippen molar-refractivity contribution in [3.8, 4) is 0 Å². The first kappa shape index (κ1) is 12.5. The summed E-state index contributed by atoms with van der Waals surface area (Å²) in [4.78, 5) is 0. The van der Waals surface area contributed by atoms with Gasteiger partial charge in [0.1, 0.15) is 6.67 Å². The molecule has 1 aromatic rings. The van der Waals surface area contributed by atoms with Crippen molar-refractivity contribution in [2.75, 3.05) is 11.5 Å². The summed E-state index contributed by atoms with van der Waals surface area (Å²) in [7, 11) is 0. The molecule has 0 aromatic heterocycles. The van der Waals surface area contributed by atoms with E-state index in [1.165, 1.54) is 0 Å². The van der Waals surface area contributed by atoms with E-state index in [2.05, 4.69) is 0 Å². The van der Waals surface area contributed by atoms with Gasteiger partial charge in [0.2, 0.25) is 0 Å². The maximum absolute atomic E-state index is 12.6. The zero-order valence-electron chi connectivity index (χ0n) is 7.98. The van der Waals surface area contributed by atoms with Gasteiger partial charge in [0.05, 0.1) is 0 Å². The second-order valence-electron chi connectivity index (χ2n) is 3.10. The van der Waals surface area contributed by atoms with Crippen LogP contribution in [0.25, 0.3) is 0 Å². The summed E-state index contributed by atoms with van der Waals surface area (Å²) in [6, 6.07) is 0.723. The third kappa shape index (κ3) is 2.02. The molecule has 0 atom stereocenters. The molecular formula is C9H9F5N2. The van der Waals surface area contributed by atoms with Crippen LogP contribution < -0.4 is 11.5 Å². The number of rotatable bonds is 3. The van der Waals surface area contributed by atoms with E-state index in [0.717, 1.165) is 6.07 Å². The number of nitrogens with two attached hydrogens (primary N) is 2. The summed E-state index contributed by atoms with van der Waals surface area (Å²) in [5.41, 5.74) is 6.84. The lowest BCUT2D eigenvalue weighted by Crippen LogP contribution is -2.08. The van der Waals surface area contributed by atoms with Gasteiger partial charge in [0.15, 0.2) is 0 Å². The van der Waals surface area contributed by atoms with Crippen LogP contribution in [0.4, 0.5) is 33.3 Å². The molecule has 0 bridgehead atoms. The van der Waals surface area contributed by atoms with Gasteiger partial charge in [-0.3, -0.25) is 0 Å². The van der Waals surface area contributed by atoms with E-state index >= 15 is 0 Å². The fourth-order valence-electron chi connectivity index (χ4n) is 1.38. The highest BCUT2D eigenvalue weighted by atomic mass is 19.3. The van der Waals surface area contributed by atoms with Gasteiger partial charge in [0.25, 0.3) is 12.9 Å². The largest absolute Gasteiger partial charge is 0.398 e. The van der Waals surface area contributed by atoms with E-state index < -0.39 is 47.6 Å². The normalized spacial score (nSPS) is 11.4. The van der Waals surface area contributed by atoms with Crippen molar-refractivity contribution in [1.29, 1.82) is 0 Å². The van der Waals surface area contributed by atoms with Crippen molar-refractivity contribution in [3.63, 3.8) is 0 Å². The van der Waals surface area contributed by atoms with Crippen molar-refractivity contribution in [2.45, 2.75) is 19.5 Å². The summed E-state index contributed by atoms with van der Waals surface area (Å²) < 4.78 is 62.4. The lowest BCUT2D eigenvalue weighted by atomic mass is 10.00. The highest BCUT2D eigenvalue weighted by Gasteiger charge is 2.25. The lowest BCUT2D eigenvalue weighted by Gasteiger charge is -2.15. The van der Waals surface area contributed by atoms with Crippen molar-refractivity contribution in [3.05, 3.63) is 22.8 Å². The highest BCUT2D eigenvalue weighted by molar-refractivity contribution is 5.67. The van der Waals surface area contributed by atoms with E-state index in [9.17, 15) is 22.0 Å². The summed E-state index contributed by atoms with van der Waals surface area (Å²) in [5, 5.41) is 0. The second-order valence-corrected chi connectivity index (χ2v) is 3.10. The van der Waals surface area contributed by atoms with E-state index in [0.29, 0.717) is 0 Å². The Kier molecular flexibility index (Phi) is 3.56. The fourth-order valence-corrected chi connectivity index (χ4v) is 1.38. The molecule has 0 amide bonds. The molecule has 2 nitrogen and oxygen atoms in total. The van der Waals surface area contributed by atoms with Gasteiger partial charge >= 0.3 is 0 Å². The predicted molar refractivity (Wildman–Crippen MR) is 50.0 cm³/mol. The van der Waals surface area contributed by atoms with Crippen LogP contribution in [-0.4, -0.2) is 0 Å². The zero-order chi connectivity index (χ0) is 12.5. The Morgan fingerprint density at radius 1 is 1.06 bits per heavy atom. The monoisotopic (exact) mass is 240 g/mol. The Hall–Kier alpha value is -1.53. The molecular weight excluding hydrogens is 231 g/mol. The summed E-state index contributed by atoms with van der Waals surface area (Å²) in [6.45, 7) is -1.28. The highest BCUT2D eigenvalue weighted by Crippen LogP contribution is 2.39. The van der Waals surface area contributed by atoms with E-state index in [-0.39, 0.29) is 0 Å². The Morgan fingerprint density at radius 3 is 2.00 bits per heavy atom. The van der Waals surface area contributed by atoms with Crippen LogP contribution >= 0.6 is 0 Å². The van der Waals surface area contributed by atoms with Gasteiger partial charge in [0, 0.05) is 28.1 Å². The molecule has 1 aromatic carbocycles. The van der Waals surface area contributed by atoms with Gasteiger partial charge in [-0.15, -0.1) is 0 Å². The third-order valence-corrected chi connectivity index (χ3v) is 2.17. The van der Waals surface area contributed by atoms with Crippen molar-refractivity contribution < 1.29 is 22.0 Å². The van der Waals surface area contributed by atoms with Crippen LogP contribution in [0.3, 0.4) is 0 Å². The predicted octanol–water partition coefficient (Wildman–Crippen LogP) is 3.20. The average molecular weight is 240 g/mol. The molecule has 0 aliphatic carbocycles. The summed E-state index contributed by atoms with van der Waals surface area (Å²) >= 11 is 0. The molecule has 0 radical (unpaired) electrons. The van der Waals surface area contributed by atoms with E-state index in [1.807, 2.05) is 0 Å². The maximum Gasteiger partial charge on any atom is 0.266 e. The number of hydrogen-bond donors (Lipinski definition) is 2. The van der Waals surface area contributed by atoms with Crippen molar-refractivity contribution in [1.82, 2.24) is 0 Å². The molecule has 1 rings (SSSR count). The van der Waals surface area contributed by atoms with Crippen molar-refractivity contribution in [2.24, 2.45) is 0 Å². The number of benzene rings is 1. The van der Waals surface area contributed by atoms with Gasteiger partial charge in [-0.05, 0) is 6.07 Å². The molecule has 0 aliphatic heterocycles. The summed E-state index contributed by atoms with van der Waals surface area (Å²) in [5.74, 6) is 0. The van der Waals surface area contributed by atoms with Gasteiger partial charge in [-0.2, -0.15) is 0 Å². The van der Waals surface area contributed by atoms with E-state index in [4.69, 9.17) is 11.5 Å². The standard InChI is InChI=1S/C9H9F5N2/c10-2-4-5(15)1-3(8(11)12)7(16)6(4)9(13)14/h1,8-9H,2,15-16H2. The third-order valence-electron chi connectivity index (χ3n) is 2.17. The molecule has 0 saturated carbocycles. The van der Waals surface area contributed by atoms with Gasteiger partial charge in [-0.1, -0.05) is 0 Å². The maximum atomic E-state index is 12.6. The van der Waals surface area contributed by atoms with Crippen LogP contribution in [-0.2, 0) is 6.67 Å². The minimum absolute atomic E-state index is 0.442. The first-order chi connectivity index (χ1) is 7.40. The SMILES string of the molecule is Nc1cc(C(F)F)c(N)c(C(F)F)c1CF. The van der Waals surface area contributed by atoms with Crippen LogP contribution in [0.2, 0.25) is 0 Å². The van der Waals surface area contributed by atoms with Crippen LogP contribution in [0.1, 0.15) is 29.5 Å². The first-order valence-corrected chi connectivity index (χ1v) is 4.23. The lowest BCUT2D eigenvalue weighted by molar-refractivity contribution is 0.144. The Morgan fingerprint density at radius 2 is 1.62 bits per heavy atom. The molecule has 90 valence electrons. The number of hydrogen-bond acceptors (Lipinski definition) is 2. The smallest absolute Gasteiger partial charge is 0.266 e. The van der Waals surface area contributed by atoms with Gasteiger partial charge < -0.3 is 11.5 Å². The van der Waals surface area contributed by atoms with Gasteiger partial charge in [-0.25, -0.2) is 22.0 Å². The van der Waals surface area contributed by atoms with Crippen molar-refractivity contribution >= 4 is 11.4 Å². The molecule has 0 saturated heterocycles. The first-order valence-electron chi connectivity index (χ1n) is 4.23. The quantitative estimate of drug-likeness (QED) is 0.629. The fraction of sp³-hybridized carbons (Fsp3) is 0.333. The molecule has 0 fully saturated rings. The Bertz CT molecular complexity index is 392. The molecule has 0 heterocycles. The van der Waals surface area contributed by atoms with Crippen LogP contribution in [0, 0.1) is 0 Å². The minimum Gasteiger partial charge on any atom is -0.398 e. The van der Waals surface area contributed by atoms with E-state index in [1.54, 1.807) is 0 Å².